The number of hydrogen-bond acceptors (Lipinski definition) is 3. The first-order valence-corrected chi connectivity index (χ1v) is 7.21. The fourth-order valence-corrected chi connectivity index (χ4v) is 2.72. The molecule has 1 fully saturated rings. The van der Waals surface area contributed by atoms with Crippen LogP contribution in [0.1, 0.15) is 25.3 Å². The van der Waals surface area contributed by atoms with Crippen molar-refractivity contribution in [2.24, 2.45) is 5.92 Å². The number of rotatable bonds is 5. The number of carboxylic acid groups (broad SMARTS) is 1. The number of likely N-dealkylation sites (tertiary alicyclic amines) is 1. The minimum absolute atomic E-state index is 0.0102. The first kappa shape index (κ1) is 14.9. The lowest BCUT2D eigenvalue weighted by atomic mass is 9.92. The van der Waals surface area contributed by atoms with Gasteiger partial charge in [-0.15, -0.1) is 0 Å². The van der Waals surface area contributed by atoms with Crippen LogP contribution in [0.4, 0.5) is 0 Å². The van der Waals surface area contributed by atoms with Gasteiger partial charge in [-0.25, -0.2) is 0 Å². The predicted octanol–water partition coefficient (Wildman–Crippen LogP) is 2.42. The van der Waals surface area contributed by atoms with Gasteiger partial charge in [0.05, 0.1) is 12.5 Å². The lowest BCUT2D eigenvalue weighted by Crippen LogP contribution is -2.36. The molecule has 1 atom stereocenters. The molecule has 0 aliphatic carbocycles. The zero-order valence-corrected chi connectivity index (χ0v) is 12.2. The Morgan fingerprint density at radius 3 is 2.70 bits per heavy atom. The van der Waals surface area contributed by atoms with Crippen LogP contribution in [0.15, 0.2) is 24.3 Å². The summed E-state index contributed by atoms with van der Waals surface area (Å²) in [4.78, 5) is 13.2. The molecule has 0 bridgehead atoms. The van der Waals surface area contributed by atoms with Crippen molar-refractivity contribution in [3.05, 3.63) is 29.8 Å². The van der Waals surface area contributed by atoms with Gasteiger partial charge in [-0.05, 0) is 51.9 Å². The molecule has 1 aliphatic rings. The van der Waals surface area contributed by atoms with Crippen molar-refractivity contribution in [2.45, 2.75) is 32.3 Å². The van der Waals surface area contributed by atoms with Crippen LogP contribution in [0.2, 0.25) is 0 Å². The van der Waals surface area contributed by atoms with Crippen LogP contribution in [0.3, 0.4) is 0 Å². The van der Waals surface area contributed by atoms with Crippen LogP contribution >= 0.6 is 0 Å². The van der Waals surface area contributed by atoms with E-state index in [1.54, 1.807) is 0 Å². The summed E-state index contributed by atoms with van der Waals surface area (Å²) in [5, 5.41) is 8.94. The molecule has 1 heterocycles. The van der Waals surface area contributed by atoms with E-state index in [1.807, 2.05) is 24.3 Å². The zero-order valence-electron chi connectivity index (χ0n) is 12.2. The van der Waals surface area contributed by atoms with E-state index >= 15 is 0 Å². The van der Waals surface area contributed by atoms with Crippen LogP contribution in [0, 0.1) is 5.92 Å². The number of ether oxygens (including phenoxy) is 1. The molecule has 1 saturated heterocycles. The molecule has 0 radical (unpaired) electrons. The van der Waals surface area contributed by atoms with Crippen molar-refractivity contribution in [2.75, 3.05) is 20.1 Å². The Morgan fingerprint density at radius 2 is 2.05 bits per heavy atom. The van der Waals surface area contributed by atoms with Crippen molar-refractivity contribution < 1.29 is 14.6 Å². The molecule has 2 rings (SSSR count). The topological polar surface area (TPSA) is 49.8 Å². The van der Waals surface area contributed by atoms with E-state index in [0.717, 1.165) is 31.5 Å². The van der Waals surface area contributed by atoms with Gasteiger partial charge < -0.3 is 14.7 Å². The van der Waals surface area contributed by atoms with Gasteiger partial charge in [0.15, 0.2) is 0 Å². The summed E-state index contributed by atoms with van der Waals surface area (Å²) in [6.07, 6.45) is 2.41. The SMILES string of the molecule is CC(Oc1ccccc1CC(=O)O)C1CCN(C)CC1. The highest BCUT2D eigenvalue weighted by Crippen LogP contribution is 2.26. The van der Waals surface area contributed by atoms with Gasteiger partial charge in [-0.3, -0.25) is 4.79 Å². The highest BCUT2D eigenvalue weighted by atomic mass is 16.5. The number of nitrogens with zero attached hydrogens (tertiary/aromatic N) is 1. The Labute approximate surface area is 120 Å². The van der Waals surface area contributed by atoms with E-state index in [4.69, 9.17) is 9.84 Å². The quantitative estimate of drug-likeness (QED) is 0.898. The van der Waals surface area contributed by atoms with Gasteiger partial charge in [0.2, 0.25) is 0 Å². The van der Waals surface area contributed by atoms with Crippen LogP contribution < -0.4 is 4.74 Å². The molecule has 1 aromatic carbocycles. The standard InChI is InChI=1S/C16H23NO3/c1-12(13-7-9-17(2)10-8-13)20-15-6-4-3-5-14(15)11-16(18)19/h3-6,12-13H,7-11H2,1-2H3,(H,18,19). The van der Waals surface area contributed by atoms with E-state index in [9.17, 15) is 4.79 Å². The molecule has 1 unspecified atom stereocenters. The van der Waals surface area contributed by atoms with E-state index < -0.39 is 5.97 Å². The number of benzene rings is 1. The molecule has 1 aromatic rings. The minimum Gasteiger partial charge on any atom is -0.490 e. The van der Waals surface area contributed by atoms with Gasteiger partial charge in [-0.2, -0.15) is 0 Å². The predicted molar refractivity (Wildman–Crippen MR) is 78.1 cm³/mol. The summed E-state index contributed by atoms with van der Waals surface area (Å²) >= 11 is 0. The third kappa shape index (κ3) is 3.97. The van der Waals surface area contributed by atoms with E-state index in [0.29, 0.717) is 11.7 Å². The monoisotopic (exact) mass is 277 g/mol. The normalized spacial score (nSPS) is 18.7. The summed E-state index contributed by atoms with van der Waals surface area (Å²) in [7, 11) is 2.14. The molecule has 0 aromatic heterocycles. The Hall–Kier alpha value is -1.55. The molecular formula is C16H23NO3. The lowest BCUT2D eigenvalue weighted by Gasteiger charge is -2.33. The van der Waals surface area contributed by atoms with Crippen molar-refractivity contribution in [1.82, 2.24) is 4.90 Å². The number of piperidine rings is 1. The Morgan fingerprint density at radius 1 is 1.40 bits per heavy atom. The summed E-state index contributed by atoms with van der Waals surface area (Å²) in [6.45, 7) is 4.30. The number of carbonyl (C=O) groups is 1. The second-order valence-electron chi connectivity index (χ2n) is 5.64. The second-order valence-corrected chi connectivity index (χ2v) is 5.64. The smallest absolute Gasteiger partial charge is 0.307 e. The van der Waals surface area contributed by atoms with Gasteiger partial charge >= 0.3 is 5.97 Å². The molecule has 4 nitrogen and oxygen atoms in total. The molecule has 0 spiro atoms. The highest BCUT2D eigenvalue weighted by Gasteiger charge is 2.24. The first-order chi connectivity index (χ1) is 9.56. The molecule has 1 aliphatic heterocycles. The van der Waals surface area contributed by atoms with Gasteiger partial charge in [0, 0.05) is 5.56 Å². The highest BCUT2D eigenvalue weighted by molar-refractivity contribution is 5.71. The lowest BCUT2D eigenvalue weighted by molar-refractivity contribution is -0.136. The Bertz CT molecular complexity index is 453. The van der Waals surface area contributed by atoms with E-state index in [1.165, 1.54) is 0 Å². The average molecular weight is 277 g/mol. The van der Waals surface area contributed by atoms with Crippen LogP contribution in [-0.4, -0.2) is 42.2 Å². The molecule has 110 valence electrons. The Kier molecular flexibility index (Phi) is 5.01. The van der Waals surface area contributed by atoms with Crippen LogP contribution in [0.25, 0.3) is 0 Å². The third-order valence-electron chi connectivity index (χ3n) is 4.05. The second kappa shape index (κ2) is 6.75. The number of carboxylic acids is 1. The number of hydrogen-bond donors (Lipinski definition) is 1. The van der Waals surface area contributed by atoms with Crippen molar-refractivity contribution in [3.8, 4) is 5.75 Å². The summed E-state index contributed by atoms with van der Waals surface area (Å²) in [5.74, 6) is 0.429. The summed E-state index contributed by atoms with van der Waals surface area (Å²) < 4.78 is 6.04. The maximum absolute atomic E-state index is 10.9. The molecule has 1 N–H and O–H groups in total. The number of para-hydroxylation sites is 1. The fraction of sp³-hybridized carbons (Fsp3) is 0.562. The van der Waals surface area contributed by atoms with Gasteiger partial charge in [0.1, 0.15) is 5.75 Å². The number of aliphatic carboxylic acids is 1. The van der Waals surface area contributed by atoms with Crippen molar-refractivity contribution in [1.29, 1.82) is 0 Å². The third-order valence-corrected chi connectivity index (χ3v) is 4.05. The molecular weight excluding hydrogens is 254 g/mol. The molecule has 4 heteroatoms. The van der Waals surface area contributed by atoms with E-state index in [2.05, 4.69) is 18.9 Å². The van der Waals surface area contributed by atoms with Crippen LogP contribution in [0.5, 0.6) is 5.75 Å². The fourth-order valence-electron chi connectivity index (χ4n) is 2.72. The maximum atomic E-state index is 10.9. The van der Waals surface area contributed by atoms with Crippen LogP contribution in [-0.2, 0) is 11.2 Å². The molecule has 20 heavy (non-hydrogen) atoms. The molecule has 0 amide bonds. The van der Waals surface area contributed by atoms with Crippen molar-refractivity contribution in [3.63, 3.8) is 0 Å². The molecule has 0 saturated carbocycles. The zero-order chi connectivity index (χ0) is 14.5. The van der Waals surface area contributed by atoms with E-state index in [-0.39, 0.29) is 12.5 Å². The first-order valence-electron chi connectivity index (χ1n) is 7.21. The summed E-state index contributed by atoms with van der Waals surface area (Å²) in [5.41, 5.74) is 0.750. The largest absolute Gasteiger partial charge is 0.490 e. The minimum atomic E-state index is -0.826. The van der Waals surface area contributed by atoms with Gasteiger partial charge in [-0.1, -0.05) is 18.2 Å². The summed E-state index contributed by atoms with van der Waals surface area (Å²) in [6, 6.07) is 7.43. The van der Waals surface area contributed by atoms with Crippen molar-refractivity contribution >= 4 is 5.97 Å². The average Bonchev–Trinajstić information content (AvgIpc) is 2.41. The van der Waals surface area contributed by atoms with Gasteiger partial charge in [0.25, 0.3) is 0 Å². The Balaban J connectivity index is 2.00. The maximum Gasteiger partial charge on any atom is 0.307 e.